The summed E-state index contributed by atoms with van der Waals surface area (Å²) in [6.45, 7) is 7.50. The number of hydrogen-bond acceptors (Lipinski definition) is 7. The van der Waals surface area contributed by atoms with Crippen LogP contribution in [0.4, 0.5) is 0 Å². The number of imidazole rings is 1. The van der Waals surface area contributed by atoms with Gasteiger partial charge in [0.05, 0.1) is 26.3 Å². The minimum Gasteiger partial charge on any atom is -0.354 e. The number of amides is 4. The molecule has 46 heavy (non-hydrogen) atoms. The van der Waals surface area contributed by atoms with Crippen LogP contribution in [0.3, 0.4) is 0 Å². The molecule has 4 N–H and O–H groups in total. The summed E-state index contributed by atoms with van der Waals surface area (Å²) in [6, 6.07) is 9.82. The van der Waals surface area contributed by atoms with Crippen LogP contribution >= 0.6 is 11.3 Å². The Labute approximate surface area is 270 Å². The highest BCUT2D eigenvalue weighted by atomic mass is 32.1. The van der Waals surface area contributed by atoms with Gasteiger partial charge in [0.1, 0.15) is 6.04 Å². The lowest BCUT2D eigenvalue weighted by Crippen LogP contribution is -2.50. The summed E-state index contributed by atoms with van der Waals surface area (Å²) >= 11 is 1.53. The number of H-pyrrole nitrogens is 1. The maximum absolute atomic E-state index is 13.7. The molecule has 2 aromatic heterocycles. The number of fused-ring (bicyclic) bond motifs is 2. The van der Waals surface area contributed by atoms with Crippen LogP contribution < -0.4 is 21.6 Å². The molecule has 3 heterocycles. The predicted molar refractivity (Wildman–Crippen MR) is 178 cm³/mol. The van der Waals surface area contributed by atoms with E-state index >= 15 is 0 Å². The fourth-order valence-corrected chi connectivity index (χ4v) is 6.56. The standard InChI is InChI=1S/C33H41N7O5S/c1-4-20(2)29-31(43)35-14-7-17-40-26-18-22(9-11-24(26)37-33(40)45)30(42)34-13-6-16-39(15-5-8-28(41)38-29)32(44)23-10-12-25-27(19-23)46-21(3)36-25/h9-12,18-20,29H,4-8,13-17H2,1-3H3,(H,34,42)(H,35,43)(H,37,45)(H,38,41)/t20-,29-/m0/s1. The molecular weight excluding hydrogens is 606 g/mol. The molecule has 4 amide bonds. The molecule has 2 atom stereocenters. The van der Waals surface area contributed by atoms with E-state index in [0.717, 1.165) is 15.2 Å². The van der Waals surface area contributed by atoms with Gasteiger partial charge in [0.15, 0.2) is 0 Å². The molecule has 1 aliphatic heterocycles. The summed E-state index contributed by atoms with van der Waals surface area (Å²) in [5, 5.41) is 9.67. The number of aromatic nitrogens is 3. The molecule has 0 saturated carbocycles. The van der Waals surface area contributed by atoms with Crippen molar-refractivity contribution in [1.82, 2.24) is 35.4 Å². The van der Waals surface area contributed by atoms with Gasteiger partial charge in [0, 0.05) is 50.3 Å². The van der Waals surface area contributed by atoms with Crippen LogP contribution in [-0.4, -0.2) is 75.3 Å². The lowest BCUT2D eigenvalue weighted by atomic mass is 9.98. The molecule has 0 unspecified atom stereocenters. The fraction of sp³-hybridized carbons (Fsp3) is 0.455. The van der Waals surface area contributed by atoms with E-state index in [9.17, 15) is 24.0 Å². The quantitative estimate of drug-likeness (QED) is 0.267. The summed E-state index contributed by atoms with van der Waals surface area (Å²) < 4.78 is 2.49. The summed E-state index contributed by atoms with van der Waals surface area (Å²) in [4.78, 5) is 74.6. The summed E-state index contributed by atoms with van der Waals surface area (Å²) in [7, 11) is 0. The van der Waals surface area contributed by atoms with Crippen molar-refractivity contribution in [3.8, 4) is 0 Å². The number of thiazole rings is 1. The Kier molecular flexibility index (Phi) is 10.5. The smallest absolute Gasteiger partial charge is 0.326 e. The van der Waals surface area contributed by atoms with E-state index in [1.165, 1.54) is 11.3 Å². The van der Waals surface area contributed by atoms with Crippen molar-refractivity contribution in [3.63, 3.8) is 0 Å². The number of nitrogens with zero attached hydrogens (tertiary/aromatic N) is 3. The largest absolute Gasteiger partial charge is 0.354 e. The van der Waals surface area contributed by atoms with Gasteiger partial charge in [0.25, 0.3) is 11.8 Å². The number of carbonyl (C=O) groups excluding carboxylic acids is 4. The van der Waals surface area contributed by atoms with E-state index in [1.807, 2.05) is 32.9 Å². The predicted octanol–water partition coefficient (Wildman–Crippen LogP) is 3.34. The van der Waals surface area contributed by atoms with Gasteiger partial charge in [0.2, 0.25) is 11.8 Å². The number of aromatic amines is 1. The Balaban J connectivity index is 1.37. The molecular formula is C33H41N7O5S. The summed E-state index contributed by atoms with van der Waals surface area (Å²) in [5.74, 6) is -1.06. The normalized spacial score (nSPS) is 18.5. The Morgan fingerprint density at radius 1 is 1.00 bits per heavy atom. The number of carbonyl (C=O) groups is 4. The lowest BCUT2D eigenvalue weighted by molar-refractivity contribution is -0.130. The zero-order chi connectivity index (χ0) is 32.8. The first-order valence-electron chi connectivity index (χ1n) is 15.9. The van der Waals surface area contributed by atoms with Gasteiger partial charge >= 0.3 is 5.69 Å². The minimum absolute atomic E-state index is 0.0892. The van der Waals surface area contributed by atoms with Crippen LogP contribution in [-0.2, 0) is 16.1 Å². The van der Waals surface area contributed by atoms with Crippen molar-refractivity contribution >= 4 is 56.2 Å². The van der Waals surface area contributed by atoms with Crippen LogP contribution in [0.15, 0.2) is 41.2 Å². The van der Waals surface area contributed by atoms with E-state index < -0.39 is 6.04 Å². The molecule has 244 valence electrons. The molecule has 0 fully saturated rings. The highest BCUT2D eigenvalue weighted by molar-refractivity contribution is 7.18. The second-order valence-electron chi connectivity index (χ2n) is 11.8. The van der Waals surface area contributed by atoms with Gasteiger partial charge in [-0.05, 0) is 68.5 Å². The van der Waals surface area contributed by atoms with Crippen LogP contribution in [0.5, 0.6) is 0 Å². The number of hydrogen-bond donors (Lipinski definition) is 4. The van der Waals surface area contributed by atoms with Gasteiger partial charge in [-0.2, -0.15) is 0 Å². The van der Waals surface area contributed by atoms with E-state index in [2.05, 4.69) is 25.9 Å². The van der Waals surface area contributed by atoms with Crippen molar-refractivity contribution < 1.29 is 19.2 Å². The number of benzene rings is 2. The Hall–Kier alpha value is -4.52. The van der Waals surface area contributed by atoms with Crippen LogP contribution in [0.1, 0.15) is 71.7 Å². The molecule has 0 spiro atoms. The topological polar surface area (TPSA) is 158 Å². The van der Waals surface area contributed by atoms with Crippen molar-refractivity contribution in [2.75, 3.05) is 26.2 Å². The molecule has 2 bridgehead atoms. The third-order valence-electron chi connectivity index (χ3n) is 8.46. The zero-order valence-corrected chi connectivity index (χ0v) is 27.3. The average Bonchev–Trinajstić information content (AvgIpc) is 3.58. The summed E-state index contributed by atoms with van der Waals surface area (Å²) in [6.07, 6.45) is 2.24. The monoisotopic (exact) mass is 647 g/mol. The zero-order valence-electron chi connectivity index (χ0n) is 26.5. The number of aryl methyl sites for hydroxylation is 2. The average molecular weight is 648 g/mol. The molecule has 12 nitrogen and oxygen atoms in total. The Bertz CT molecular complexity index is 1810. The molecule has 13 heteroatoms. The SMILES string of the molecule is CC[C@H](C)[C@@H]1NC(=O)CCCN(C(=O)c2ccc3nc(C)sc3c2)CCCNC(=O)c2ccc3[nH]c(=O)n(c3c2)CCCNC1=O. The lowest BCUT2D eigenvalue weighted by Gasteiger charge is -2.25. The van der Waals surface area contributed by atoms with Crippen LogP contribution in [0.2, 0.25) is 0 Å². The van der Waals surface area contributed by atoms with Gasteiger partial charge < -0.3 is 25.8 Å². The molecule has 0 aliphatic carbocycles. The van der Waals surface area contributed by atoms with E-state index in [4.69, 9.17) is 0 Å². The van der Waals surface area contributed by atoms with Gasteiger partial charge in [-0.15, -0.1) is 11.3 Å². The molecule has 5 rings (SSSR count). The van der Waals surface area contributed by atoms with Crippen LogP contribution in [0, 0.1) is 12.8 Å². The first-order chi connectivity index (χ1) is 22.1. The van der Waals surface area contributed by atoms with Crippen molar-refractivity contribution in [1.29, 1.82) is 0 Å². The van der Waals surface area contributed by atoms with Gasteiger partial charge in [-0.1, -0.05) is 20.3 Å². The first-order valence-corrected chi connectivity index (χ1v) is 16.7. The van der Waals surface area contributed by atoms with Gasteiger partial charge in [-0.25, -0.2) is 9.78 Å². The highest BCUT2D eigenvalue weighted by Gasteiger charge is 2.26. The first kappa shape index (κ1) is 32.9. The Morgan fingerprint density at radius 2 is 1.76 bits per heavy atom. The van der Waals surface area contributed by atoms with E-state index in [1.54, 1.807) is 33.7 Å². The minimum atomic E-state index is -0.700. The highest BCUT2D eigenvalue weighted by Crippen LogP contribution is 2.23. The van der Waals surface area contributed by atoms with Crippen molar-refractivity contribution in [3.05, 3.63) is 63.0 Å². The third-order valence-corrected chi connectivity index (χ3v) is 9.39. The fourth-order valence-electron chi connectivity index (χ4n) is 5.70. The molecule has 0 saturated heterocycles. The third kappa shape index (κ3) is 7.64. The maximum atomic E-state index is 13.7. The molecule has 0 radical (unpaired) electrons. The van der Waals surface area contributed by atoms with Crippen molar-refractivity contribution in [2.24, 2.45) is 5.92 Å². The second kappa shape index (κ2) is 14.7. The maximum Gasteiger partial charge on any atom is 0.326 e. The number of nitrogens with one attached hydrogen (secondary N) is 4. The number of rotatable bonds is 3. The van der Waals surface area contributed by atoms with E-state index in [-0.39, 0.29) is 41.7 Å². The Morgan fingerprint density at radius 3 is 2.57 bits per heavy atom. The van der Waals surface area contributed by atoms with E-state index in [0.29, 0.717) is 80.6 Å². The second-order valence-corrected chi connectivity index (χ2v) is 13.0. The van der Waals surface area contributed by atoms with Crippen LogP contribution in [0.25, 0.3) is 21.3 Å². The van der Waals surface area contributed by atoms with Crippen molar-refractivity contribution in [2.45, 2.75) is 65.5 Å². The molecule has 4 aromatic rings. The summed E-state index contributed by atoms with van der Waals surface area (Å²) in [5.41, 5.74) is 2.72. The van der Waals surface area contributed by atoms with Gasteiger partial charge in [-0.3, -0.25) is 23.7 Å². The molecule has 1 aliphatic rings. The molecule has 2 aromatic carbocycles.